The van der Waals surface area contributed by atoms with Gasteiger partial charge in [-0.25, -0.2) is 4.98 Å². The third kappa shape index (κ3) is 2.93. The van der Waals surface area contributed by atoms with Crippen molar-refractivity contribution in [2.24, 2.45) is 7.05 Å². The maximum atomic E-state index is 12.3. The number of hydrogen-bond donors (Lipinski definition) is 0. The van der Waals surface area contributed by atoms with Gasteiger partial charge in [0.25, 0.3) is 5.91 Å². The van der Waals surface area contributed by atoms with Crippen molar-refractivity contribution in [2.45, 2.75) is 13.5 Å². The minimum absolute atomic E-state index is 0.00892. The van der Waals surface area contributed by atoms with E-state index in [1.165, 1.54) is 6.92 Å². The van der Waals surface area contributed by atoms with E-state index in [1.807, 2.05) is 17.8 Å². The maximum absolute atomic E-state index is 12.3. The Kier molecular flexibility index (Phi) is 3.98. The summed E-state index contributed by atoms with van der Waals surface area (Å²) in [5.41, 5.74) is 1.17. The molecule has 2 aromatic rings. The predicted octanol–water partition coefficient (Wildman–Crippen LogP) is 1.89. The summed E-state index contributed by atoms with van der Waals surface area (Å²) < 4.78 is 1.88. The number of aromatic nitrogens is 2. The third-order valence-electron chi connectivity index (χ3n) is 3.18. The lowest BCUT2D eigenvalue weighted by atomic mass is 10.1. The minimum Gasteiger partial charge on any atom is -0.337 e. The molecule has 0 N–H and O–H groups in total. The number of ketones is 1. The molecule has 0 fully saturated rings. The topological polar surface area (TPSA) is 55.2 Å². The summed E-state index contributed by atoms with van der Waals surface area (Å²) in [7, 11) is 3.62. The Labute approximate surface area is 117 Å². The molecule has 0 spiro atoms. The highest BCUT2D eigenvalue weighted by molar-refractivity contribution is 5.97. The van der Waals surface area contributed by atoms with E-state index in [9.17, 15) is 9.59 Å². The number of carbonyl (C=O) groups excluding carboxylic acids is 2. The molecule has 0 bridgehead atoms. The lowest BCUT2D eigenvalue weighted by Gasteiger charge is -2.17. The van der Waals surface area contributed by atoms with Crippen LogP contribution in [0.5, 0.6) is 0 Å². The van der Waals surface area contributed by atoms with Crippen LogP contribution < -0.4 is 0 Å². The Morgan fingerprint density at radius 3 is 2.30 bits per heavy atom. The first-order chi connectivity index (χ1) is 9.49. The van der Waals surface area contributed by atoms with Crippen LogP contribution in [0.15, 0.2) is 36.7 Å². The summed E-state index contributed by atoms with van der Waals surface area (Å²) in [6.07, 6.45) is 3.55. The van der Waals surface area contributed by atoms with Gasteiger partial charge in [-0.3, -0.25) is 9.59 Å². The summed E-state index contributed by atoms with van der Waals surface area (Å²) >= 11 is 0. The van der Waals surface area contributed by atoms with Gasteiger partial charge in [0.1, 0.15) is 5.82 Å². The van der Waals surface area contributed by atoms with Crippen LogP contribution in [0.25, 0.3) is 0 Å². The first-order valence-electron chi connectivity index (χ1n) is 6.31. The molecule has 0 aliphatic rings. The number of hydrogen-bond acceptors (Lipinski definition) is 3. The summed E-state index contributed by atoms with van der Waals surface area (Å²) in [6.45, 7) is 1.95. The van der Waals surface area contributed by atoms with Crippen LogP contribution in [-0.2, 0) is 13.6 Å². The highest BCUT2D eigenvalue weighted by Gasteiger charge is 2.14. The van der Waals surface area contributed by atoms with Gasteiger partial charge < -0.3 is 9.47 Å². The van der Waals surface area contributed by atoms with Crippen LogP contribution in [0.2, 0.25) is 0 Å². The molecule has 104 valence electrons. The highest BCUT2D eigenvalue weighted by atomic mass is 16.2. The summed E-state index contributed by atoms with van der Waals surface area (Å²) in [4.78, 5) is 29.3. The Hall–Kier alpha value is -2.43. The van der Waals surface area contributed by atoms with E-state index in [0.717, 1.165) is 5.82 Å². The molecule has 0 saturated carbocycles. The van der Waals surface area contributed by atoms with Crippen LogP contribution in [0, 0.1) is 0 Å². The van der Waals surface area contributed by atoms with Crippen molar-refractivity contribution < 1.29 is 9.59 Å². The smallest absolute Gasteiger partial charge is 0.254 e. The number of benzene rings is 1. The molecular formula is C15H17N3O2. The van der Waals surface area contributed by atoms with Gasteiger partial charge in [0, 0.05) is 37.6 Å². The Morgan fingerprint density at radius 2 is 1.80 bits per heavy atom. The largest absolute Gasteiger partial charge is 0.337 e. The van der Waals surface area contributed by atoms with E-state index in [1.54, 1.807) is 42.4 Å². The second-order valence-electron chi connectivity index (χ2n) is 4.75. The zero-order chi connectivity index (χ0) is 14.7. The van der Waals surface area contributed by atoms with Gasteiger partial charge in [0.05, 0.1) is 6.54 Å². The molecule has 2 rings (SSSR count). The van der Waals surface area contributed by atoms with Crippen LogP contribution in [0.1, 0.15) is 33.5 Å². The van der Waals surface area contributed by atoms with E-state index >= 15 is 0 Å². The van der Waals surface area contributed by atoms with Crippen LogP contribution >= 0.6 is 0 Å². The molecule has 1 aromatic heterocycles. The fourth-order valence-electron chi connectivity index (χ4n) is 1.90. The molecule has 5 nitrogen and oxygen atoms in total. The number of aryl methyl sites for hydroxylation is 1. The predicted molar refractivity (Wildman–Crippen MR) is 75.5 cm³/mol. The Balaban J connectivity index is 2.10. The molecular weight excluding hydrogens is 254 g/mol. The van der Waals surface area contributed by atoms with Gasteiger partial charge in [-0.15, -0.1) is 0 Å². The third-order valence-corrected chi connectivity index (χ3v) is 3.18. The van der Waals surface area contributed by atoms with Crippen molar-refractivity contribution in [3.63, 3.8) is 0 Å². The molecule has 1 aromatic carbocycles. The number of carbonyl (C=O) groups is 2. The second-order valence-corrected chi connectivity index (χ2v) is 4.75. The highest BCUT2D eigenvalue weighted by Crippen LogP contribution is 2.09. The molecule has 0 saturated heterocycles. The van der Waals surface area contributed by atoms with Gasteiger partial charge in [-0.1, -0.05) is 12.1 Å². The summed E-state index contributed by atoms with van der Waals surface area (Å²) in [5, 5.41) is 0. The number of nitrogens with zero attached hydrogens (tertiary/aromatic N) is 3. The van der Waals surface area contributed by atoms with E-state index in [4.69, 9.17) is 0 Å². The standard InChI is InChI=1S/C15H17N3O2/c1-11(19)12-4-6-13(7-5-12)15(20)18(3)10-14-16-8-9-17(14)2/h4-9H,10H2,1-3H3. The fourth-order valence-corrected chi connectivity index (χ4v) is 1.90. The lowest BCUT2D eigenvalue weighted by molar-refractivity contribution is 0.0780. The molecule has 0 radical (unpaired) electrons. The van der Waals surface area contributed by atoms with Gasteiger partial charge in [-0.05, 0) is 19.1 Å². The molecule has 20 heavy (non-hydrogen) atoms. The van der Waals surface area contributed by atoms with Gasteiger partial charge in [-0.2, -0.15) is 0 Å². The quantitative estimate of drug-likeness (QED) is 0.798. The van der Waals surface area contributed by atoms with Gasteiger partial charge in [0.15, 0.2) is 5.78 Å². The fraction of sp³-hybridized carbons (Fsp3) is 0.267. The lowest BCUT2D eigenvalue weighted by Crippen LogP contribution is -2.27. The van der Waals surface area contributed by atoms with Crippen molar-refractivity contribution in [1.82, 2.24) is 14.5 Å². The van der Waals surface area contributed by atoms with Crippen molar-refractivity contribution in [3.8, 4) is 0 Å². The average Bonchev–Trinajstić information content (AvgIpc) is 2.83. The van der Waals surface area contributed by atoms with E-state index in [2.05, 4.69) is 4.98 Å². The molecule has 0 atom stereocenters. The van der Waals surface area contributed by atoms with E-state index in [-0.39, 0.29) is 11.7 Å². The number of Topliss-reactive ketones (excluding diaryl/α,β-unsaturated/α-hetero) is 1. The molecule has 1 heterocycles. The van der Waals surface area contributed by atoms with Crippen molar-refractivity contribution in [3.05, 3.63) is 53.6 Å². The monoisotopic (exact) mass is 271 g/mol. The zero-order valence-electron chi connectivity index (χ0n) is 11.8. The van der Waals surface area contributed by atoms with Gasteiger partial charge >= 0.3 is 0 Å². The normalized spacial score (nSPS) is 10.3. The first-order valence-corrected chi connectivity index (χ1v) is 6.31. The molecule has 0 aliphatic carbocycles. The van der Waals surface area contributed by atoms with E-state index in [0.29, 0.717) is 17.7 Å². The molecule has 5 heteroatoms. The van der Waals surface area contributed by atoms with Crippen molar-refractivity contribution in [2.75, 3.05) is 7.05 Å². The van der Waals surface area contributed by atoms with Crippen molar-refractivity contribution in [1.29, 1.82) is 0 Å². The molecule has 1 amide bonds. The van der Waals surface area contributed by atoms with Crippen molar-refractivity contribution >= 4 is 11.7 Å². The second kappa shape index (κ2) is 5.69. The average molecular weight is 271 g/mol. The molecule has 0 unspecified atom stereocenters. The minimum atomic E-state index is -0.0943. The number of rotatable bonds is 4. The summed E-state index contributed by atoms with van der Waals surface area (Å²) in [6, 6.07) is 6.69. The van der Waals surface area contributed by atoms with Gasteiger partial charge in [0.2, 0.25) is 0 Å². The zero-order valence-corrected chi connectivity index (χ0v) is 11.8. The van der Waals surface area contributed by atoms with Crippen LogP contribution in [0.4, 0.5) is 0 Å². The maximum Gasteiger partial charge on any atom is 0.254 e. The molecule has 0 aliphatic heterocycles. The Bertz CT molecular complexity index is 629. The van der Waals surface area contributed by atoms with Crippen LogP contribution in [0.3, 0.4) is 0 Å². The summed E-state index contributed by atoms with van der Waals surface area (Å²) in [5.74, 6) is 0.717. The van der Waals surface area contributed by atoms with E-state index < -0.39 is 0 Å². The number of imidazole rings is 1. The SMILES string of the molecule is CC(=O)c1ccc(C(=O)N(C)Cc2nccn2C)cc1. The number of amides is 1. The van der Waals surface area contributed by atoms with Crippen LogP contribution in [-0.4, -0.2) is 33.2 Å². The first kappa shape index (κ1) is 14.0. The Morgan fingerprint density at radius 1 is 1.20 bits per heavy atom.